The first-order valence-corrected chi connectivity index (χ1v) is 9.60. The van der Waals surface area contributed by atoms with Crippen molar-refractivity contribution in [2.75, 3.05) is 32.8 Å². The molecule has 1 saturated heterocycles. The summed E-state index contributed by atoms with van der Waals surface area (Å²) in [7, 11) is 0. The number of morpholine rings is 1. The number of nitrogens with one attached hydrogen (secondary N) is 1. The third kappa shape index (κ3) is 5.08. The Morgan fingerprint density at radius 1 is 1.19 bits per heavy atom. The molecule has 1 heterocycles. The van der Waals surface area contributed by atoms with Gasteiger partial charge in [0.1, 0.15) is 6.04 Å². The molecule has 0 aliphatic carbocycles. The van der Waals surface area contributed by atoms with Crippen LogP contribution in [-0.4, -0.2) is 43.7 Å². The van der Waals surface area contributed by atoms with Crippen LogP contribution in [0.4, 0.5) is 0 Å². The van der Waals surface area contributed by atoms with Gasteiger partial charge in [-0.25, -0.2) is 0 Å². The second kappa shape index (κ2) is 9.33. The molecule has 2 aromatic carbocycles. The van der Waals surface area contributed by atoms with Gasteiger partial charge in [0.25, 0.3) is 0 Å². The zero-order valence-electron chi connectivity index (χ0n) is 15.5. The van der Waals surface area contributed by atoms with Crippen LogP contribution in [0.1, 0.15) is 28.8 Å². The van der Waals surface area contributed by atoms with Crippen LogP contribution in [-0.2, 0) is 9.53 Å². The van der Waals surface area contributed by atoms with Gasteiger partial charge < -0.3 is 15.8 Å². The minimum absolute atomic E-state index is 0.0169. The van der Waals surface area contributed by atoms with E-state index < -0.39 is 6.04 Å². The number of benzene rings is 2. The zero-order valence-corrected chi connectivity index (χ0v) is 16.3. The van der Waals surface area contributed by atoms with Gasteiger partial charge in [-0.3, -0.25) is 9.69 Å². The zero-order chi connectivity index (χ0) is 19.2. The minimum atomic E-state index is -0.692. The van der Waals surface area contributed by atoms with Gasteiger partial charge in [-0.2, -0.15) is 0 Å². The molecular formula is C21H26ClN3O2. The molecule has 0 spiro atoms. The highest BCUT2D eigenvalue weighted by Crippen LogP contribution is 2.28. The van der Waals surface area contributed by atoms with Crippen LogP contribution in [0, 0.1) is 6.92 Å². The second-order valence-electron chi connectivity index (χ2n) is 6.82. The molecule has 5 nitrogen and oxygen atoms in total. The second-order valence-corrected chi connectivity index (χ2v) is 7.23. The monoisotopic (exact) mass is 387 g/mol. The van der Waals surface area contributed by atoms with Crippen LogP contribution in [0.5, 0.6) is 0 Å². The Bertz CT molecular complexity index is 760. The van der Waals surface area contributed by atoms with Crippen LogP contribution in [0.2, 0.25) is 5.02 Å². The molecule has 1 fully saturated rings. The summed E-state index contributed by atoms with van der Waals surface area (Å²) in [5.41, 5.74) is 9.10. The number of carbonyl (C=O) groups is 1. The lowest BCUT2D eigenvalue weighted by Crippen LogP contribution is -2.45. The van der Waals surface area contributed by atoms with E-state index in [0.29, 0.717) is 24.8 Å². The Hall–Kier alpha value is -1.92. The molecule has 0 saturated carbocycles. The van der Waals surface area contributed by atoms with Gasteiger partial charge in [-0.05, 0) is 24.1 Å². The van der Waals surface area contributed by atoms with E-state index in [4.69, 9.17) is 22.1 Å². The Morgan fingerprint density at radius 2 is 1.85 bits per heavy atom. The van der Waals surface area contributed by atoms with Crippen molar-refractivity contribution >= 4 is 17.5 Å². The summed E-state index contributed by atoms with van der Waals surface area (Å²) in [5, 5.41) is 3.71. The molecule has 0 bridgehead atoms. The summed E-state index contributed by atoms with van der Waals surface area (Å²) in [5.74, 6) is -0.191. The van der Waals surface area contributed by atoms with Crippen molar-refractivity contribution in [2.24, 2.45) is 5.73 Å². The molecule has 27 heavy (non-hydrogen) atoms. The maximum atomic E-state index is 12.6. The molecule has 1 amide bonds. The number of nitrogens with zero attached hydrogens (tertiary/aromatic N) is 1. The summed E-state index contributed by atoms with van der Waals surface area (Å²) >= 11 is 6.43. The van der Waals surface area contributed by atoms with Gasteiger partial charge in [0, 0.05) is 24.7 Å². The van der Waals surface area contributed by atoms with Crippen molar-refractivity contribution in [1.82, 2.24) is 10.2 Å². The number of aryl methyl sites for hydroxylation is 1. The molecule has 1 aliphatic rings. The lowest BCUT2D eigenvalue weighted by Gasteiger charge is -2.35. The summed E-state index contributed by atoms with van der Waals surface area (Å²) in [6.07, 6.45) is 0. The molecule has 0 radical (unpaired) electrons. The van der Waals surface area contributed by atoms with Crippen molar-refractivity contribution in [1.29, 1.82) is 0 Å². The Labute approximate surface area is 165 Å². The maximum Gasteiger partial charge on any atom is 0.241 e. The Morgan fingerprint density at radius 3 is 2.52 bits per heavy atom. The highest BCUT2D eigenvalue weighted by molar-refractivity contribution is 6.31. The summed E-state index contributed by atoms with van der Waals surface area (Å²) in [6.45, 7) is 5.41. The van der Waals surface area contributed by atoms with Crippen molar-refractivity contribution < 1.29 is 9.53 Å². The van der Waals surface area contributed by atoms with Crippen LogP contribution >= 0.6 is 11.6 Å². The summed E-state index contributed by atoms with van der Waals surface area (Å²) < 4.78 is 5.47. The Balaban J connectivity index is 1.71. The van der Waals surface area contributed by atoms with E-state index in [1.165, 1.54) is 0 Å². The van der Waals surface area contributed by atoms with Gasteiger partial charge in [-0.15, -0.1) is 0 Å². The van der Waals surface area contributed by atoms with E-state index >= 15 is 0 Å². The van der Waals surface area contributed by atoms with E-state index in [2.05, 4.69) is 10.2 Å². The van der Waals surface area contributed by atoms with Crippen molar-refractivity contribution in [2.45, 2.75) is 19.0 Å². The average Bonchev–Trinajstić information content (AvgIpc) is 2.70. The molecule has 2 atom stereocenters. The quantitative estimate of drug-likeness (QED) is 0.799. The molecule has 6 heteroatoms. The first kappa shape index (κ1) is 19.8. The van der Waals surface area contributed by atoms with E-state index in [1.54, 1.807) is 0 Å². The molecule has 1 aliphatic heterocycles. The number of hydrogen-bond donors (Lipinski definition) is 2. The largest absolute Gasteiger partial charge is 0.379 e. The number of halogens is 1. The molecular weight excluding hydrogens is 362 g/mol. The van der Waals surface area contributed by atoms with Gasteiger partial charge in [0.15, 0.2) is 0 Å². The van der Waals surface area contributed by atoms with Crippen LogP contribution in [0.15, 0.2) is 48.5 Å². The number of rotatable bonds is 6. The molecule has 3 N–H and O–H groups in total. The van der Waals surface area contributed by atoms with E-state index in [9.17, 15) is 4.79 Å². The lowest BCUT2D eigenvalue weighted by atomic mass is 10.0. The lowest BCUT2D eigenvalue weighted by molar-refractivity contribution is -0.122. The number of amides is 1. The summed E-state index contributed by atoms with van der Waals surface area (Å²) in [6, 6.07) is 14.8. The van der Waals surface area contributed by atoms with Gasteiger partial charge >= 0.3 is 0 Å². The Kier molecular flexibility index (Phi) is 6.85. The van der Waals surface area contributed by atoms with E-state index in [-0.39, 0.29) is 11.9 Å². The fourth-order valence-electron chi connectivity index (χ4n) is 3.30. The standard InChI is InChI=1S/C21H26ClN3O2/c1-15-6-8-16(9-7-15)20(23)21(26)24-14-19(25-10-12-27-13-11-25)17-4-2-3-5-18(17)22/h2-9,19-20H,10-14,23H2,1H3,(H,24,26). The van der Waals surface area contributed by atoms with Crippen LogP contribution in [0.25, 0.3) is 0 Å². The number of nitrogens with two attached hydrogens (primary N) is 1. The number of hydrogen-bond acceptors (Lipinski definition) is 4. The normalized spacial score (nSPS) is 17.3. The van der Waals surface area contributed by atoms with Crippen molar-refractivity contribution in [3.8, 4) is 0 Å². The topological polar surface area (TPSA) is 67.6 Å². The maximum absolute atomic E-state index is 12.6. The fourth-order valence-corrected chi connectivity index (χ4v) is 3.56. The minimum Gasteiger partial charge on any atom is -0.379 e. The highest BCUT2D eigenvalue weighted by atomic mass is 35.5. The van der Waals surface area contributed by atoms with Gasteiger partial charge in [0.05, 0.1) is 19.3 Å². The average molecular weight is 388 g/mol. The molecule has 0 aromatic heterocycles. The molecule has 2 aromatic rings. The smallest absolute Gasteiger partial charge is 0.241 e. The fraction of sp³-hybridized carbons (Fsp3) is 0.381. The van der Waals surface area contributed by atoms with Gasteiger partial charge in [-0.1, -0.05) is 59.6 Å². The van der Waals surface area contributed by atoms with Crippen molar-refractivity contribution in [3.63, 3.8) is 0 Å². The third-order valence-corrected chi connectivity index (χ3v) is 5.28. The highest BCUT2D eigenvalue weighted by Gasteiger charge is 2.26. The van der Waals surface area contributed by atoms with E-state index in [1.807, 2.05) is 55.5 Å². The number of carbonyl (C=O) groups excluding carboxylic acids is 1. The predicted molar refractivity (Wildman–Crippen MR) is 108 cm³/mol. The van der Waals surface area contributed by atoms with Crippen molar-refractivity contribution in [3.05, 3.63) is 70.2 Å². The molecule has 2 unspecified atom stereocenters. The SMILES string of the molecule is Cc1ccc(C(N)C(=O)NCC(c2ccccc2Cl)N2CCOCC2)cc1. The predicted octanol–water partition coefficient (Wildman–Crippen LogP) is 2.84. The summed E-state index contributed by atoms with van der Waals surface area (Å²) in [4.78, 5) is 14.9. The van der Waals surface area contributed by atoms with Gasteiger partial charge in [0.2, 0.25) is 5.91 Å². The molecule has 144 valence electrons. The first-order chi connectivity index (χ1) is 13.1. The number of ether oxygens (including phenoxy) is 1. The van der Waals surface area contributed by atoms with Crippen LogP contribution < -0.4 is 11.1 Å². The van der Waals surface area contributed by atoms with Crippen LogP contribution in [0.3, 0.4) is 0 Å². The first-order valence-electron chi connectivity index (χ1n) is 9.22. The molecule has 3 rings (SSSR count). The third-order valence-electron chi connectivity index (χ3n) is 4.94. The van der Waals surface area contributed by atoms with E-state index in [0.717, 1.165) is 29.8 Å².